The number of hydrogen-bond donors (Lipinski definition) is 1. The Labute approximate surface area is 134 Å². The van der Waals surface area contributed by atoms with Crippen LogP contribution in [0.3, 0.4) is 0 Å². The van der Waals surface area contributed by atoms with Crippen molar-refractivity contribution >= 4 is 5.91 Å². The van der Waals surface area contributed by atoms with Crippen LogP contribution in [0.5, 0.6) is 5.75 Å². The van der Waals surface area contributed by atoms with Crippen LogP contribution in [0.4, 0.5) is 22.0 Å². The van der Waals surface area contributed by atoms with E-state index in [2.05, 4.69) is 5.32 Å². The summed E-state index contributed by atoms with van der Waals surface area (Å²) >= 11 is 0. The number of rotatable bonds is 5. The number of alkyl halides is 3. The molecule has 0 radical (unpaired) electrons. The third-order valence-electron chi connectivity index (χ3n) is 3.02. The molecule has 0 saturated carbocycles. The van der Waals surface area contributed by atoms with Gasteiger partial charge in [0, 0.05) is 12.6 Å². The van der Waals surface area contributed by atoms with Gasteiger partial charge >= 0.3 is 6.18 Å². The van der Waals surface area contributed by atoms with Gasteiger partial charge in [0.05, 0.1) is 5.56 Å². The second-order valence-corrected chi connectivity index (χ2v) is 4.83. The van der Waals surface area contributed by atoms with Crippen LogP contribution in [0, 0.1) is 11.6 Å². The minimum atomic E-state index is -4.42. The Bertz CT molecular complexity index is 713. The summed E-state index contributed by atoms with van der Waals surface area (Å²) in [6.07, 6.45) is -4.42. The molecule has 1 N–H and O–H groups in total. The fourth-order valence-electron chi connectivity index (χ4n) is 1.80. The largest absolute Gasteiger partial charge is 0.481 e. The highest BCUT2D eigenvalue weighted by Gasteiger charge is 2.29. The van der Waals surface area contributed by atoms with Crippen LogP contribution in [0.15, 0.2) is 42.5 Å². The van der Waals surface area contributed by atoms with Crippen LogP contribution in [0.2, 0.25) is 0 Å². The number of hydrogen-bond acceptors (Lipinski definition) is 2. The maximum Gasteiger partial charge on any atom is 0.416 e. The summed E-state index contributed by atoms with van der Waals surface area (Å²) < 4.78 is 68.1. The maximum absolute atomic E-state index is 13.3. The molecule has 0 aliphatic carbocycles. The minimum Gasteiger partial charge on any atom is -0.481 e. The number of halogens is 5. The summed E-state index contributed by atoms with van der Waals surface area (Å²) in [6.45, 7) is -0.518. The highest BCUT2D eigenvalue weighted by Crippen LogP contribution is 2.29. The molecule has 24 heavy (non-hydrogen) atoms. The van der Waals surface area contributed by atoms with Gasteiger partial charge in [0.25, 0.3) is 5.91 Å². The van der Waals surface area contributed by atoms with Crippen molar-refractivity contribution in [2.45, 2.75) is 12.7 Å². The summed E-state index contributed by atoms with van der Waals surface area (Å²) in [7, 11) is 0. The summed E-state index contributed by atoms with van der Waals surface area (Å²) in [6, 6.07) is 6.95. The van der Waals surface area contributed by atoms with Gasteiger partial charge in [-0.1, -0.05) is 12.1 Å². The zero-order valence-electron chi connectivity index (χ0n) is 12.2. The molecule has 0 spiro atoms. The van der Waals surface area contributed by atoms with E-state index in [1.54, 1.807) is 0 Å². The van der Waals surface area contributed by atoms with Crippen molar-refractivity contribution in [1.82, 2.24) is 5.32 Å². The summed E-state index contributed by atoms with van der Waals surface area (Å²) in [5.41, 5.74) is -0.322. The van der Waals surface area contributed by atoms with Gasteiger partial charge in [0.1, 0.15) is 5.82 Å². The maximum atomic E-state index is 13.3. The van der Waals surface area contributed by atoms with Crippen molar-refractivity contribution in [3.8, 4) is 5.75 Å². The topological polar surface area (TPSA) is 38.3 Å². The van der Waals surface area contributed by atoms with E-state index in [0.29, 0.717) is 11.6 Å². The van der Waals surface area contributed by atoms with Crippen molar-refractivity contribution < 1.29 is 31.5 Å². The Morgan fingerprint density at radius 1 is 1.04 bits per heavy atom. The molecule has 2 aromatic rings. The Morgan fingerprint density at radius 3 is 2.29 bits per heavy atom. The molecule has 2 aromatic carbocycles. The van der Waals surface area contributed by atoms with E-state index in [1.807, 2.05) is 0 Å². The SMILES string of the molecule is O=C(COc1ccc(F)cc1F)NCc1ccc(C(F)(F)F)cc1. The molecule has 3 nitrogen and oxygen atoms in total. The molecule has 2 rings (SSSR count). The predicted octanol–water partition coefficient (Wildman–Crippen LogP) is 3.68. The average Bonchev–Trinajstić information content (AvgIpc) is 2.51. The number of carbonyl (C=O) groups excluding carboxylic acids is 1. The number of carbonyl (C=O) groups is 1. The van der Waals surface area contributed by atoms with Crippen LogP contribution < -0.4 is 10.1 Å². The molecule has 0 fully saturated rings. The smallest absolute Gasteiger partial charge is 0.416 e. The van der Waals surface area contributed by atoms with E-state index < -0.39 is 35.9 Å². The van der Waals surface area contributed by atoms with E-state index >= 15 is 0 Å². The Kier molecular flexibility index (Phi) is 5.38. The van der Waals surface area contributed by atoms with Gasteiger partial charge in [0.15, 0.2) is 18.2 Å². The Balaban J connectivity index is 1.83. The first-order valence-electron chi connectivity index (χ1n) is 6.76. The number of ether oxygens (including phenoxy) is 1. The molecule has 0 unspecified atom stereocenters. The molecule has 8 heteroatoms. The fraction of sp³-hybridized carbons (Fsp3) is 0.188. The van der Waals surface area contributed by atoms with E-state index in [0.717, 1.165) is 24.3 Å². The first-order chi connectivity index (χ1) is 11.3. The third kappa shape index (κ3) is 4.94. The van der Waals surface area contributed by atoms with E-state index in [-0.39, 0.29) is 12.3 Å². The first-order valence-corrected chi connectivity index (χ1v) is 6.76. The van der Waals surface area contributed by atoms with Gasteiger partial charge in [-0.05, 0) is 29.8 Å². The highest BCUT2D eigenvalue weighted by molar-refractivity contribution is 5.77. The lowest BCUT2D eigenvalue weighted by atomic mass is 10.1. The summed E-state index contributed by atoms with van der Waals surface area (Å²) in [5.74, 6) is -2.59. The zero-order valence-corrected chi connectivity index (χ0v) is 12.2. The molecule has 0 heterocycles. The van der Waals surface area contributed by atoms with Crippen LogP contribution in [0.1, 0.15) is 11.1 Å². The van der Waals surface area contributed by atoms with E-state index in [9.17, 15) is 26.7 Å². The second kappa shape index (κ2) is 7.29. The summed E-state index contributed by atoms with van der Waals surface area (Å²) in [5, 5.41) is 2.42. The van der Waals surface area contributed by atoms with Gasteiger partial charge in [-0.25, -0.2) is 8.78 Å². The normalized spacial score (nSPS) is 11.2. The van der Waals surface area contributed by atoms with Crippen LogP contribution in [-0.4, -0.2) is 12.5 Å². The van der Waals surface area contributed by atoms with E-state index in [1.165, 1.54) is 12.1 Å². The predicted molar refractivity (Wildman–Crippen MR) is 75.1 cm³/mol. The van der Waals surface area contributed by atoms with Crippen molar-refractivity contribution in [3.05, 3.63) is 65.2 Å². The van der Waals surface area contributed by atoms with Gasteiger partial charge in [0.2, 0.25) is 0 Å². The molecular formula is C16H12F5NO2. The molecule has 1 amide bonds. The third-order valence-corrected chi connectivity index (χ3v) is 3.02. The molecule has 0 aliphatic heterocycles. The summed E-state index contributed by atoms with van der Waals surface area (Å²) in [4.78, 5) is 11.6. The quantitative estimate of drug-likeness (QED) is 0.840. The number of amides is 1. The molecule has 0 saturated heterocycles. The average molecular weight is 345 g/mol. The monoisotopic (exact) mass is 345 g/mol. The molecule has 0 bridgehead atoms. The van der Waals surface area contributed by atoms with Crippen molar-refractivity contribution in [2.24, 2.45) is 0 Å². The van der Waals surface area contributed by atoms with Gasteiger partial charge in [-0.15, -0.1) is 0 Å². The highest BCUT2D eigenvalue weighted by atomic mass is 19.4. The Morgan fingerprint density at radius 2 is 1.71 bits per heavy atom. The van der Waals surface area contributed by atoms with Crippen LogP contribution in [-0.2, 0) is 17.5 Å². The van der Waals surface area contributed by atoms with Gasteiger partial charge < -0.3 is 10.1 Å². The number of nitrogens with one attached hydrogen (secondary N) is 1. The zero-order chi connectivity index (χ0) is 17.7. The first kappa shape index (κ1) is 17.7. The van der Waals surface area contributed by atoms with Gasteiger partial charge in [-0.3, -0.25) is 4.79 Å². The van der Waals surface area contributed by atoms with Crippen molar-refractivity contribution in [3.63, 3.8) is 0 Å². The number of benzene rings is 2. The lowest BCUT2D eigenvalue weighted by molar-refractivity contribution is -0.137. The minimum absolute atomic E-state index is 0.00771. The molecule has 128 valence electrons. The molecule has 0 atom stereocenters. The van der Waals surface area contributed by atoms with Crippen LogP contribution >= 0.6 is 0 Å². The van der Waals surface area contributed by atoms with Crippen LogP contribution in [0.25, 0.3) is 0 Å². The molecule has 0 aliphatic rings. The fourth-order valence-corrected chi connectivity index (χ4v) is 1.80. The van der Waals surface area contributed by atoms with Crippen molar-refractivity contribution in [1.29, 1.82) is 0 Å². The lowest BCUT2D eigenvalue weighted by Gasteiger charge is -2.10. The van der Waals surface area contributed by atoms with Crippen molar-refractivity contribution in [2.75, 3.05) is 6.61 Å². The lowest BCUT2D eigenvalue weighted by Crippen LogP contribution is -2.28. The molecule has 0 aromatic heterocycles. The standard InChI is InChI=1S/C16H12F5NO2/c17-12-5-6-14(13(18)7-12)24-9-15(23)22-8-10-1-3-11(4-2-10)16(19,20)21/h1-7H,8-9H2,(H,22,23). The van der Waals surface area contributed by atoms with E-state index in [4.69, 9.17) is 4.74 Å². The van der Waals surface area contributed by atoms with Gasteiger partial charge in [-0.2, -0.15) is 13.2 Å². The molecular weight excluding hydrogens is 333 g/mol. The Hall–Kier alpha value is -2.64. The second-order valence-electron chi connectivity index (χ2n) is 4.83.